The fourth-order valence-electron chi connectivity index (χ4n) is 2.06. The fourth-order valence-corrected chi connectivity index (χ4v) is 2.06. The van der Waals surface area contributed by atoms with Gasteiger partial charge in [0.05, 0.1) is 6.54 Å². The largest absolute Gasteiger partial charge is 0.464 e. The molecule has 96 valence electrons. The summed E-state index contributed by atoms with van der Waals surface area (Å²) in [5, 5.41) is 0. The van der Waals surface area contributed by atoms with Crippen LogP contribution in [0.2, 0.25) is 0 Å². The van der Waals surface area contributed by atoms with Crippen molar-refractivity contribution in [2.45, 2.75) is 39.7 Å². The van der Waals surface area contributed by atoms with Gasteiger partial charge >= 0.3 is 0 Å². The molecular formula is C16H21NO. The quantitative estimate of drug-likeness (QED) is 0.888. The highest BCUT2D eigenvalue weighted by Gasteiger charge is 2.07. The monoisotopic (exact) mass is 243 g/mol. The molecule has 0 fully saturated rings. The summed E-state index contributed by atoms with van der Waals surface area (Å²) in [6.45, 7) is 7.04. The van der Waals surface area contributed by atoms with E-state index in [0.29, 0.717) is 12.5 Å². The van der Waals surface area contributed by atoms with Crippen molar-refractivity contribution < 1.29 is 4.42 Å². The molecule has 2 heteroatoms. The first-order chi connectivity index (χ1) is 8.60. The van der Waals surface area contributed by atoms with Crippen molar-refractivity contribution in [3.05, 3.63) is 58.5 Å². The average molecular weight is 243 g/mol. The molecule has 0 spiro atoms. The van der Waals surface area contributed by atoms with Crippen molar-refractivity contribution >= 4 is 0 Å². The normalized spacial score (nSPS) is 11.2. The van der Waals surface area contributed by atoms with Crippen LogP contribution in [0.3, 0.4) is 0 Å². The number of benzene rings is 1. The maximum Gasteiger partial charge on any atom is 0.117 e. The molecule has 0 saturated heterocycles. The lowest BCUT2D eigenvalue weighted by Gasteiger charge is -2.10. The molecule has 0 unspecified atom stereocenters. The Morgan fingerprint density at radius 2 is 1.83 bits per heavy atom. The van der Waals surface area contributed by atoms with Gasteiger partial charge in [-0.25, -0.2) is 0 Å². The molecule has 0 radical (unpaired) electrons. The molecule has 2 N–H and O–H groups in total. The van der Waals surface area contributed by atoms with Gasteiger partial charge in [-0.05, 0) is 41.7 Å². The molecular weight excluding hydrogens is 222 g/mol. The van der Waals surface area contributed by atoms with E-state index in [1.807, 2.05) is 12.1 Å². The van der Waals surface area contributed by atoms with Crippen LogP contribution in [-0.4, -0.2) is 0 Å². The Labute approximate surface area is 109 Å². The van der Waals surface area contributed by atoms with Crippen molar-refractivity contribution in [1.82, 2.24) is 0 Å². The van der Waals surface area contributed by atoms with Crippen LogP contribution in [0.4, 0.5) is 0 Å². The van der Waals surface area contributed by atoms with Crippen molar-refractivity contribution in [2.75, 3.05) is 0 Å². The summed E-state index contributed by atoms with van der Waals surface area (Å²) < 4.78 is 5.67. The molecule has 0 aliphatic carbocycles. The van der Waals surface area contributed by atoms with Gasteiger partial charge in [0, 0.05) is 6.42 Å². The molecule has 0 bridgehead atoms. The van der Waals surface area contributed by atoms with Crippen LogP contribution in [0, 0.1) is 6.92 Å². The first kappa shape index (κ1) is 12.9. The third kappa shape index (κ3) is 2.82. The number of furan rings is 1. The third-order valence-electron chi connectivity index (χ3n) is 3.32. The van der Waals surface area contributed by atoms with Gasteiger partial charge in [0.2, 0.25) is 0 Å². The third-order valence-corrected chi connectivity index (χ3v) is 3.32. The summed E-state index contributed by atoms with van der Waals surface area (Å²) in [7, 11) is 0. The van der Waals surface area contributed by atoms with Crippen LogP contribution in [0.5, 0.6) is 0 Å². The minimum Gasteiger partial charge on any atom is -0.464 e. The molecule has 1 aromatic heterocycles. The second kappa shape index (κ2) is 5.40. The summed E-state index contributed by atoms with van der Waals surface area (Å²) in [6, 6.07) is 10.7. The molecule has 1 aromatic carbocycles. The molecule has 0 aliphatic rings. The standard InChI is InChI=1S/C16H21NO/c1-11(2)13-5-4-12(3)14(8-13)9-15-6-7-16(10-17)18-15/h4-8,11H,9-10,17H2,1-3H3. The minimum atomic E-state index is 0.463. The first-order valence-corrected chi connectivity index (χ1v) is 6.47. The van der Waals surface area contributed by atoms with Gasteiger partial charge in [-0.1, -0.05) is 32.0 Å². The smallest absolute Gasteiger partial charge is 0.117 e. The first-order valence-electron chi connectivity index (χ1n) is 6.47. The molecule has 0 amide bonds. The van der Waals surface area contributed by atoms with Crippen LogP contribution in [0.1, 0.15) is 48.0 Å². The van der Waals surface area contributed by atoms with Crippen LogP contribution in [-0.2, 0) is 13.0 Å². The SMILES string of the molecule is Cc1ccc(C(C)C)cc1Cc1ccc(CN)o1. The summed E-state index contributed by atoms with van der Waals surface area (Å²) in [5.41, 5.74) is 9.58. The van der Waals surface area contributed by atoms with Crippen molar-refractivity contribution in [1.29, 1.82) is 0 Å². The molecule has 2 aromatic rings. The molecule has 2 nitrogen and oxygen atoms in total. The molecule has 0 atom stereocenters. The van der Waals surface area contributed by atoms with E-state index in [2.05, 4.69) is 39.0 Å². The highest BCUT2D eigenvalue weighted by molar-refractivity contribution is 5.35. The van der Waals surface area contributed by atoms with E-state index in [1.54, 1.807) is 0 Å². The second-order valence-electron chi connectivity index (χ2n) is 5.09. The van der Waals surface area contributed by atoms with Crippen LogP contribution in [0.15, 0.2) is 34.7 Å². The summed E-state index contributed by atoms with van der Waals surface area (Å²) in [6.07, 6.45) is 0.840. The van der Waals surface area contributed by atoms with Gasteiger partial charge in [0.25, 0.3) is 0 Å². The number of hydrogen-bond donors (Lipinski definition) is 1. The van der Waals surface area contributed by atoms with Gasteiger partial charge in [-0.15, -0.1) is 0 Å². The topological polar surface area (TPSA) is 39.2 Å². The zero-order valence-electron chi connectivity index (χ0n) is 11.4. The lowest BCUT2D eigenvalue weighted by molar-refractivity contribution is 0.475. The predicted octanol–water partition coefficient (Wildman–Crippen LogP) is 3.76. The fraction of sp³-hybridized carbons (Fsp3) is 0.375. The van der Waals surface area contributed by atoms with E-state index in [1.165, 1.54) is 16.7 Å². The lowest BCUT2D eigenvalue weighted by atomic mass is 9.96. The Morgan fingerprint density at radius 1 is 1.11 bits per heavy atom. The second-order valence-corrected chi connectivity index (χ2v) is 5.09. The molecule has 0 aliphatic heterocycles. The van der Waals surface area contributed by atoms with E-state index in [9.17, 15) is 0 Å². The van der Waals surface area contributed by atoms with E-state index >= 15 is 0 Å². The Kier molecular flexibility index (Phi) is 3.87. The number of rotatable bonds is 4. The van der Waals surface area contributed by atoms with E-state index in [4.69, 9.17) is 10.2 Å². The van der Waals surface area contributed by atoms with Crippen molar-refractivity contribution in [3.63, 3.8) is 0 Å². The van der Waals surface area contributed by atoms with Crippen LogP contribution in [0.25, 0.3) is 0 Å². The van der Waals surface area contributed by atoms with Gasteiger partial charge in [-0.3, -0.25) is 0 Å². The lowest BCUT2D eigenvalue weighted by Crippen LogP contribution is -1.95. The molecule has 1 heterocycles. The summed E-state index contributed by atoms with van der Waals surface area (Å²) in [4.78, 5) is 0. The number of aryl methyl sites for hydroxylation is 1. The molecule has 2 rings (SSSR count). The summed E-state index contributed by atoms with van der Waals surface area (Å²) in [5.74, 6) is 2.39. The molecule has 0 saturated carbocycles. The highest BCUT2D eigenvalue weighted by atomic mass is 16.3. The van der Waals surface area contributed by atoms with E-state index in [-0.39, 0.29) is 0 Å². The Morgan fingerprint density at radius 3 is 2.44 bits per heavy atom. The maximum absolute atomic E-state index is 5.67. The number of nitrogens with two attached hydrogens (primary N) is 1. The van der Waals surface area contributed by atoms with E-state index < -0.39 is 0 Å². The van der Waals surface area contributed by atoms with Gasteiger partial charge < -0.3 is 10.2 Å². The highest BCUT2D eigenvalue weighted by Crippen LogP contribution is 2.21. The average Bonchev–Trinajstić information content (AvgIpc) is 2.79. The van der Waals surface area contributed by atoms with Crippen molar-refractivity contribution in [3.8, 4) is 0 Å². The van der Waals surface area contributed by atoms with Crippen LogP contribution >= 0.6 is 0 Å². The number of hydrogen-bond acceptors (Lipinski definition) is 2. The summed E-state index contributed by atoms with van der Waals surface area (Å²) >= 11 is 0. The maximum atomic E-state index is 5.67. The zero-order chi connectivity index (χ0) is 13.1. The zero-order valence-corrected chi connectivity index (χ0v) is 11.4. The van der Waals surface area contributed by atoms with Gasteiger partial charge in [0.15, 0.2) is 0 Å². The Balaban J connectivity index is 2.24. The van der Waals surface area contributed by atoms with Crippen molar-refractivity contribution in [2.24, 2.45) is 5.73 Å². The Bertz CT molecular complexity index is 526. The van der Waals surface area contributed by atoms with Gasteiger partial charge in [-0.2, -0.15) is 0 Å². The van der Waals surface area contributed by atoms with Gasteiger partial charge in [0.1, 0.15) is 11.5 Å². The Hall–Kier alpha value is -1.54. The molecule has 18 heavy (non-hydrogen) atoms. The predicted molar refractivity (Wildman–Crippen MR) is 74.7 cm³/mol. The van der Waals surface area contributed by atoms with E-state index in [0.717, 1.165) is 17.9 Å². The van der Waals surface area contributed by atoms with Crippen LogP contribution < -0.4 is 5.73 Å². The minimum absolute atomic E-state index is 0.463.